The van der Waals surface area contributed by atoms with Crippen molar-refractivity contribution >= 4 is 40.9 Å². The number of halogens is 2. The number of hydrogen-bond acceptors (Lipinski definition) is 3. The Labute approximate surface area is 108 Å². The van der Waals surface area contributed by atoms with Gasteiger partial charge in [-0.05, 0) is 18.2 Å². The lowest BCUT2D eigenvalue weighted by Gasteiger charge is -2.16. The Morgan fingerprint density at radius 1 is 1.35 bits per heavy atom. The van der Waals surface area contributed by atoms with E-state index in [1.165, 1.54) is 11.0 Å². The summed E-state index contributed by atoms with van der Waals surface area (Å²) >= 11 is 11.7. The molecule has 0 aliphatic carbocycles. The molecule has 1 amide bonds. The Bertz CT molecular complexity index is 512. The van der Waals surface area contributed by atoms with Crippen LogP contribution in [0.1, 0.15) is 6.42 Å². The fraction of sp³-hybridized carbons (Fsp3) is 0.273. The molecule has 1 aromatic rings. The molecule has 88 valence electrons. The van der Waals surface area contributed by atoms with E-state index in [9.17, 15) is 9.59 Å². The van der Waals surface area contributed by atoms with E-state index >= 15 is 0 Å². The smallest absolute Gasteiger partial charge is 0.235 e. The summed E-state index contributed by atoms with van der Waals surface area (Å²) in [5.74, 6) is -0.0904. The number of anilines is 1. The molecule has 0 aromatic heterocycles. The van der Waals surface area contributed by atoms with Crippen LogP contribution in [0.5, 0.6) is 0 Å². The van der Waals surface area contributed by atoms with Gasteiger partial charge in [0.25, 0.3) is 0 Å². The van der Waals surface area contributed by atoms with E-state index in [0.717, 1.165) is 0 Å². The molecule has 1 atom stereocenters. The van der Waals surface area contributed by atoms with Gasteiger partial charge in [-0.3, -0.25) is 4.79 Å². The highest BCUT2D eigenvalue weighted by molar-refractivity contribution is 6.42. The van der Waals surface area contributed by atoms with E-state index in [4.69, 9.17) is 23.2 Å². The van der Waals surface area contributed by atoms with Crippen LogP contribution in [-0.4, -0.2) is 24.6 Å². The van der Waals surface area contributed by atoms with Crippen molar-refractivity contribution in [2.75, 3.05) is 11.4 Å². The number of aliphatic imine (C=N–C) groups is 1. The Hall–Kier alpha value is -1.35. The topological polar surface area (TPSA) is 49.7 Å². The third kappa shape index (κ3) is 2.50. The molecule has 2 rings (SSSR count). The normalized spacial score (nSPS) is 19.3. The molecule has 0 radical (unpaired) electrons. The highest BCUT2D eigenvalue weighted by Gasteiger charge is 2.30. The zero-order chi connectivity index (χ0) is 12.4. The van der Waals surface area contributed by atoms with Gasteiger partial charge in [-0.1, -0.05) is 23.2 Å². The van der Waals surface area contributed by atoms with E-state index in [1.807, 2.05) is 0 Å². The second-order valence-electron chi connectivity index (χ2n) is 3.68. The maximum Gasteiger partial charge on any atom is 0.235 e. The molecule has 1 aromatic carbocycles. The molecule has 1 aliphatic heterocycles. The third-order valence-electron chi connectivity index (χ3n) is 2.55. The van der Waals surface area contributed by atoms with Crippen molar-refractivity contribution in [2.45, 2.75) is 12.5 Å². The molecular weight excluding hydrogens is 263 g/mol. The summed E-state index contributed by atoms with van der Waals surface area (Å²) in [6, 6.07) is 4.63. The highest BCUT2D eigenvalue weighted by Crippen LogP contribution is 2.29. The van der Waals surface area contributed by atoms with Crippen LogP contribution in [-0.2, 0) is 9.59 Å². The van der Waals surface area contributed by atoms with E-state index in [1.54, 1.807) is 18.2 Å². The van der Waals surface area contributed by atoms with E-state index in [0.29, 0.717) is 22.3 Å². The fourth-order valence-electron chi connectivity index (χ4n) is 1.75. The van der Waals surface area contributed by atoms with Gasteiger partial charge in [0.2, 0.25) is 12.0 Å². The third-order valence-corrected chi connectivity index (χ3v) is 3.29. The van der Waals surface area contributed by atoms with Gasteiger partial charge in [-0.15, -0.1) is 0 Å². The minimum Gasteiger partial charge on any atom is -0.310 e. The monoisotopic (exact) mass is 270 g/mol. The quantitative estimate of drug-likeness (QED) is 0.612. The molecule has 6 heteroatoms. The zero-order valence-electron chi connectivity index (χ0n) is 8.69. The van der Waals surface area contributed by atoms with Crippen LogP contribution >= 0.6 is 23.2 Å². The Morgan fingerprint density at radius 3 is 2.76 bits per heavy atom. The van der Waals surface area contributed by atoms with Crippen molar-refractivity contribution in [3.63, 3.8) is 0 Å². The molecule has 0 saturated carbocycles. The Kier molecular flexibility index (Phi) is 3.48. The van der Waals surface area contributed by atoms with Gasteiger partial charge in [-0.2, -0.15) is 0 Å². The van der Waals surface area contributed by atoms with E-state index < -0.39 is 0 Å². The van der Waals surface area contributed by atoms with Gasteiger partial charge in [-0.25, -0.2) is 9.79 Å². The Balaban J connectivity index is 2.25. The Morgan fingerprint density at radius 2 is 2.12 bits per heavy atom. The molecule has 1 heterocycles. The number of nitrogens with zero attached hydrogens (tertiary/aromatic N) is 2. The standard InChI is InChI=1S/C11H8Cl2N2O2/c12-9-2-1-8(4-10(9)13)15-5-7(14-6-16)3-11(15)17/h1-2,4,7H,3,5H2. The minimum atomic E-state index is -0.325. The molecular formula is C11H8Cl2N2O2. The molecule has 1 unspecified atom stereocenters. The first-order valence-electron chi connectivity index (χ1n) is 4.94. The molecule has 4 nitrogen and oxygen atoms in total. The second kappa shape index (κ2) is 4.88. The molecule has 0 bridgehead atoms. The minimum absolute atomic E-state index is 0.0904. The van der Waals surface area contributed by atoms with Gasteiger partial charge >= 0.3 is 0 Å². The number of carbonyl (C=O) groups is 1. The average molecular weight is 271 g/mol. The van der Waals surface area contributed by atoms with Crippen molar-refractivity contribution < 1.29 is 9.59 Å². The SMILES string of the molecule is O=C=NC1CC(=O)N(c2ccc(Cl)c(Cl)c2)C1. The van der Waals surface area contributed by atoms with Crippen LogP contribution in [0.3, 0.4) is 0 Å². The first-order valence-corrected chi connectivity index (χ1v) is 5.70. The summed E-state index contributed by atoms with van der Waals surface area (Å²) in [6.07, 6.45) is 1.69. The molecule has 1 aliphatic rings. The lowest BCUT2D eigenvalue weighted by Crippen LogP contribution is -2.24. The lowest BCUT2D eigenvalue weighted by atomic mass is 10.3. The van der Waals surface area contributed by atoms with Crippen LogP contribution < -0.4 is 4.90 Å². The van der Waals surface area contributed by atoms with E-state index in [-0.39, 0.29) is 18.4 Å². The van der Waals surface area contributed by atoms with E-state index in [2.05, 4.69) is 4.99 Å². The predicted molar refractivity (Wildman–Crippen MR) is 65.3 cm³/mol. The highest BCUT2D eigenvalue weighted by atomic mass is 35.5. The average Bonchev–Trinajstić information content (AvgIpc) is 2.64. The molecule has 1 fully saturated rings. The maximum atomic E-state index is 11.7. The van der Waals surface area contributed by atoms with Crippen molar-refractivity contribution in [3.8, 4) is 0 Å². The lowest BCUT2D eigenvalue weighted by molar-refractivity contribution is -0.117. The van der Waals surface area contributed by atoms with Crippen LogP contribution in [0.4, 0.5) is 5.69 Å². The van der Waals surface area contributed by atoms with Gasteiger partial charge in [0.05, 0.1) is 22.5 Å². The number of hydrogen-bond donors (Lipinski definition) is 0. The summed E-state index contributed by atoms with van der Waals surface area (Å²) in [6.45, 7) is 0.367. The number of rotatable bonds is 2. The summed E-state index contributed by atoms with van der Waals surface area (Å²) in [7, 11) is 0. The van der Waals surface area contributed by atoms with Crippen LogP contribution in [0, 0.1) is 0 Å². The maximum absolute atomic E-state index is 11.7. The summed E-state index contributed by atoms with van der Waals surface area (Å²) in [5.41, 5.74) is 0.660. The van der Waals surface area contributed by atoms with Crippen LogP contribution in [0.25, 0.3) is 0 Å². The molecule has 0 spiro atoms. The predicted octanol–water partition coefficient (Wildman–Crippen LogP) is 2.43. The number of amides is 1. The molecule has 1 saturated heterocycles. The second-order valence-corrected chi connectivity index (χ2v) is 4.50. The molecule has 17 heavy (non-hydrogen) atoms. The summed E-state index contributed by atoms with van der Waals surface area (Å²) in [5, 5.41) is 0.823. The summed E-state index contributed by atoms with van der Waals surface area (Å²) < 4.78 is 0. The summed E-state index contributed by atoms with van der Waals surface area (Å²) in [4.78, 5) is 27.0. The van der Waals surface area contributed by atoms with Crippen molar-refractivity contribution in [1.82, 2.24) is 0 Å². The molecule has 0 N–H and O–H groups in total. The number of carbonyl (C=O) groups excluding carboxylic acids is 2. The largest absolute Gasteiger partial charge is 0.310 e. The fourth-order valence-corrected chi connectivity index (χ4v) is 2.04. The van der Waals surface area contributed by atoms with Crippen LogP contribution in [0.15, 0.2) is 23.2 Å². The number of isocyanates is 1. The van der Waals surface area contributed by atoms with Crippen molar-refractivity contribution in [3.05, 3.63) is 28.2 Å². The number of benzene rings is 1. The van der Waals surface area contributed by atoms with Gasteiger partial charge in [0.15, 0.2) is 0 Å². The van der Waals surface area contributed by atoms with Crippen molar-refractivity contribution in [2.24, 2.45) is 4.99 Å². The van der Waals surface area contributed by atoms with Gasteiger partial charge in [0, 0.05) is 12.2 Å². The first kappa shape index (κ1) is 12.1. The van der Waals surface area contributed by atoms with Gasteiger partial charge in [0.1, 0.15) is 0 Å². The van der Waals surface area contributed by atoms with Crippen molar-refractivity contribution in [1.29, 1.82) is 0 Å². The first-order chi connectivity index (χ1) is 8.11. The zero-order valence-corrected chi connectivity index (χ0v) is 10.2. The van der Waals surface area contributed by atoms with Crippen LogP contribution in [0.2, 0.25) is 10.0 Å². The van der Waals surface area contributed by atoms with Gasteiger partial charge < -0.3 is 4.90 Å².